The number of rotatable bonds is 7. The van der Waals surface area contributed by atoms with Gasteiger partial charge in [0.05, 0.1) is 26.5 Å². The number of benzene rings is 3. The van der Waals surface area contributed by atoms with Crippen LogP contribution in [0.1, 0.15) is 15.9 Å². The lowest BCUT2D eigenvalue weighted by atomic mass is 10.1. The standard InChI is InChI=1S/C26H26N2O5/c1-31-21-13-8-14-22(32-2)24(21)26(30)28-17-23(33-20-12-7-6-11-19(20)28)25(29)27-16-15-18-9-4-3-5-10-18/h3-14,23H,15-17H2,1-2H3,(H,27,29)/t23-/m0/s1. The Morgan fingerprint density at radius 2 is 1.61 bits per heavy atom. The number of ether oxygens (including phenoxy) is 3. The number of amides is 2. The van der Waals surface area contributed by atoms with E-state index in [9.17, 15) is 9.59 Å². The van der Waals surface area contributed by atoms with Gasteiger partial charge in [-0.15, -0.1) is 0 Å². The van der Waals surface area contributed by atoms with Crippen molar-refractivity contribution in [2.45, 2.75) is 12.5 Å². The zero-order valence-electron chi connectivity index (χ0n) is 18.6. The number of hydrogen-bond acceptors (Lipinski definition) is 5. The van der Waals surface area contributed by atoms with Gasteiger partial charge in [-0.05, 0) is 36.2 Å². The molecule has 3 aromatic rings. The first-order valence-corrected chi connectivity index (χ1v) is 10.7. The molecule has 0 radical (unpaired) electrons. The molecule has 0 spiro atoms. The molecule has 33 heavy (non-hydrogen) atoms. The number of carbonyl (C=O) groups is 2. The van der Waals surface area contributed by atoms with Crippen molar-refractivity contribution in [3.05, 3.63) is 83.9 Å². The van der Waals surface area contributed by atoms with Gasteiger partial charge in [-0.25, -0.2) is 0 Å². The van der Waals surface area contributed by atoms with E-state index in [0.29, 0.717) is 41.5 Å². The molecular formula is C26H26N2O5. The average Bonchev–Trinajstić information content (AvgIpc) is 2.87. The van der Waals surface area contributed by atoms with Gasteiger partial charge in [0, 0.05) is 6.54 Å². The maximum atomic E-state index is 13.7. The third-order valence-corrected chi connectivity index (χ3v) is 5.51. The summed E-state index contributed by atoms with van der Waals surface area (Å²) < 4.78 is 16.8. The molecule has 1 atom stereocenters. The van der Waals surface area contributed by atoms with Gasteiger partial charge in [0.2, 0.25) is 0 Å². The zero-order valence-corrected chi connectivity index (χ0v) is 18.6. The van der Waals surface area contributed by atoms with Crippen molar-refractivity contribution >= 4 is 17.5 Å². The van der Waals surface area contributed by atoms with Gasteiger partial charge in [-0.3, -0.25) is 9.59 Å². The Kier molecular flexibility index (Phi) is 6.78. The summed E-state index contributed by atoms with van der Waals surface area (Å²) in [6.45, 7) is 0.535. The summed E-state index contributed by atoms with van der Waals surface area (Å²) in [7, 11) is 3.00. The molecule has 0 aromatic heterocycles. The molecule has 3 aromatic carbocycles. The van der Waals surface area contributed by atoms with Gasteiger partial charge in [-0.1, -0.05) is 48.5 Å². The normalized spacial score (nSPS) is 14.6. The van der Waals surface area contributed by atoms with Crippen molar-refractivity contribution < 1.29 is 23.8 Å². The highest BCUT2D eigenvalue weighted by Gasteiger charge is 2.36. The molecule has 1 aliphatic rings. The Morgan fingerprint density at radius 3 is 2.30 bits per heavy atom. The molecule has 0 unspecified atom stereocenters. The monoisotopic (exact) mass is 446 g/mol. The van der Waals surface area contributed by atoms with Crippen LogP contribution in [0.5, 0.6) is 17.2 Å². The number of anilines is 1. The van der Waals surface area contributed by atoms with Gasteiger partial charge >= 0.3 is 0 Å². The van der Waals surface area contributed by atoms with E-state index >= 15 is 0 Å². The Hall–Kier alpha value is -4.00. The van der Waals surface area contributed by atoms with E-state index in [0.717, 1.165) is 5.56 Å². The number of hydrogen-bond donors (Lipinski definition) is 1. The molecule has 0 bridgehead atoms. The third-order valence-electron chi connectivity index (χ3n) is 5.51. The van der Waals surface area contributed by atoms with Gasteiger partial charge in [0.1, 0.15) is 22.8 Å². The van der Waals surface area contributed by atoms with Crippen LogP contribution in [-0.2, 0) is 11.2 Å². The highest BCUT2D eigenvalue weighted by molar-refractivity contribution is 6.11. The molecule has 7 heteroatoms. The summed E-state index contributed by atoms with van der Waals surface area (Å²) >= 11 is 0. The summed E-state index contributed by atoms with van der Waals surface area (Å²) in [5.74, 6) is 0.654. The first-order chi connectivity index (χ1) is 16.1. The van der Waals surface area contributed by atoms with Gasteiger partial charge in [0.25, 0.3) is 11.8 Å². The van der Waals surface area contributed by atoms with E-state index in [1.807, 2.05) is 36.4 Å². The Balaban J connectivity index is 1.56. The molecule has 1 heterocycles. The first-order valence-electron chi connectivity index (χ1n) is 10.7. The van der Waals surface area contributed by atoms with Crippen molar-refractivity contribution in [2.75, 3.05) is 32.2 Å². The topological polar surface area (TPSA) is 77.1 Å². The Bertz CT molecular complexity index is 1110. The fraction of sp³-hybridized carbons (Fsp3) is 0.231. The van der Waals surface area contributed by atoms with Gasteiger partial charge < -0.3 is 24.4 Å². The van der Waals surface area contributed by atoms with E-state index in [4.69, 9.17) is 14.2 Å². The van der Waals surface area contributed by atoms with Crippen LogP contribution in [0.3, 0.4) is 0 Å². The smallest absolute Gasteiger partial charge is 0.266 e. The second-order valence-corrected chi connectivity index (χ2v) is 7.55. The van der Waals surface area contributed by atoms with Crippen LogP contribution >= 0.6 is 0 Å². The second kappa shape index (κ2) is 10.1. The molecule has 0 saturated carbocycles. The fourth-order valence-electron chi connectivity index (χ4n) is 3.85. The van der Waals surface area contributed by atoms with Crippen molar-refractivity contribution in [1.29, 1.82) is 0 Å². The van der Waals surface area contributed by atoms with Crippen LogP contribution in [0.2, 0.25) is 0 Å². The molecule has 1 N–H and O–H groups in total. The molecule has 0 fully saturated rings. The highest BCUT2D eigenvalue weighted by atomic mass is 16.5. The molecule has 4 rings (SSSR count). The minimum absolute atomic E-state index is 0.0637. The third kappa shape index (κ3) is 4.77. The quantitative estimate of drug-likeness (QED) is 0.601. The van der Waals surface area contributed by atoms with Crippen molar-refractivity contribution in [3.8, 4) is 17.2 Å². The minimum atomic E-state index is -0.847. The molecule has 2 amide bonds. The lowest BCUT2D eigenvalue weighted by Gasteiger charge is -2.34. The number of nitrogens with one attached hydrogen (secondary N) is 1. The van der Waals surface area contributed by atoms with Crippen LogP contribution in [0.15, 0.2) is 72.8 Å². The zero-order chi connectivity index (χ0) is 23.2. The minimum Gasteiger partial charge on any atom is -0.496 e. The van der Waals surface area contributed by atoms with E-state index in [1.165, 1.54) is 14.2 Å². The lowest BCUT2D eigenvalue weighted by Crippen LogP contribution is -2.51. The molecule has 0 aliphatic carbocycles. The Labute approximate surface area is 192 Å². The maximum absolute atomic E-state index is 13.7. The molecule has 7 nitrogen and oxygen atoms in total. The molecule has 1 aliphatic heterocycles. The highest BCUT2D eigenvalue weighted by Crippen LogP contribution is 2.37. The van der Waals surface area contributed by atoms with Gasteiger partial charge in [-0.2, -0.15) is 0 Å². The van der Waals surface area contributed by atoms with Crippen LogP contribution in [0.4, 0.5) is 5.69 Å². The van der Waals surface area contributed by atoms with Crippen LogP contribution in [0.25, 0.3) is 0 Å². The number of para-hydroxylation sites is 2. The predicted molar refractivity (Wildman–Crippen MR) is 125 cm³/mol. The lowest BCUT2D eigenvalue weighted by molar-refractivity contribution is -0.127. The Morgan fingerprint density at radius 1 is 0.939 bits per heavy atom. The first kappa shape index (κ1) is 22.2. The van der Waals surface area contributed by atoms with Crippen LogP contribution in [-0.4, -0.2) is 45.2 Å². The summed E-state index contributed by atoms with van der Waals surface area (Å²) in [5, 5.41) is 2.92. The molecular weight excluding hydrogens is 420 g/mol. The maximum Gasteiger partial charge on any atom is 0.266 e. The number of methoxy groups -OCH3 is 2. The van der Waals surface area contributed by atoms with E-state index in [2.05, 4.69) is 5.32 Å². The van der Waals surface area contributed by atoms with E-state index < -0.39 is 6.10 Å². The van der Waals surface area contributed by atoms with Gasteiger partial charge in [0.15, 0.2) is 6.10 Å². The average molecular weight is 447 g/mol. The molecule has 0 saturated heterocycles. The SMILES string of the molecule is COc1cccc(OC)c1C(=O)N1C[C@@H](C(=O)NCCc2ccccc2)Oc2ccccc21. The van der Waals surface area contributed by atoms with Crippen LogP contribution in [0, 0.1) is 0 Å². The second-order valence-electron chi connectivity index (χ2n) is 7.55. The van der Waals surface area contributed by atoms with E-state index in [1.54, 1.807) is 41.3 Å². The van der Waals surface area contributed by atoms with Crippen LogP contribution < -0.4 is 24.4 Å². The summed E-state index contributed by atoms with van der Waals surface area (Å²) in [6.07, 6.45) is -0.142. The number of fused-ring (bicyclic) bond motifs is 1. The number of carbonyl (C=O) groups excluding carboxylic acids is 2. The summed E-state index contributed by atoms with van der Waals surface area (Å²) in [4.78, 5) is 28.1. The molecule has 170 valence electrons. The van der Waals surface area contributed by atoms with Crippen molar-refractivity contribution in [2.24, 2.45) is 0 Å². The number of nitrogens with zero attached hydrogens (tertiary/aromatic N) is 1. The van der Waals surface area contributed by atoms with Crippen molar-refractivity contribution in [1.82, 2.24) is 5.32 Å². The fourth-order valence-corrected chi connectivity index (χ4v) is 3.85. The summed E-state index contributed by atoms with van der Waals surface area (Å²) in [6, 6.07) is 22.2. The summed E-state index contributed by atoms with van der Waals surface area (Å²) in [5.41, 5.74) is 2.01. The van der Waals surface area contributed by atoms with Crippen molar-refractivity contribution in [3.63, 3.8) is 0 Å². The van der Waals surface area contributed by atoms with E-state index in [-0.39, 0.29) is 18.4 Å². The largest absolute Gasteiger partial charge is 0.496 e. The predicted octanol–water partition coefficient (Wildman–Crippen LogP) is 3.47.